The molecular weight excluding hydrogens is 332 g/mol. The Morgan fingerprint density at radius 2 is 1.96 bits per heavy atom. The van der Waals surface area contributed by atoms with Gasteiger partial charge in [-0.05, 0) is 38.1 Å². The van der Waals surface area contributed by atoms with E-state index in [1.807, 2.05) is 13.8 Å². The molecule has 126 valence electrons. The zero-order chi connectivity index (χ0) is 17.5. The minimum atomic E-state index is -0.892. The molecule has 1 aromatic carbocycles. The summed E-state index contributed by atoms with van der Waals surface area (Å²) in [5.41, 5.74) is 0.744. The molecule has 1 aliphatic heterocycles. The van der Waals surface area contributed by atoms with Gasteiger partial charge in [0.2, 0.25) is 0 Å². The van der Waals surface area contributed by atoms with Crippen LogP contribution >= 0.6 is 11.8 Å². The summed E-state index contributed by atoms with van der Waals surface area (Å²) >= 11 is 1.50. The monoisotopic (exact) mass is 348 g/mol. The van der Waals surface area contributed by atoms with Crippen molar-refractivity contribution in [3.8, 4) is 11.3 Å². The number of hydrogen-bond donors (Lipinski definition) is 2. The maximum absolute atomic E-state index is 11.3. The molecule has 0 spiro atoms. The highest BCUT2D eigenvalue weighted by Gasteiger charge is 2.46. The minimum absolute atomic E-state index is 0.0181. The van der Waals surface area contributed by atoms with E-state index in [1.165, 1.54) is 23.9 Å². The van der Waals surface area contributed by atoms with Gasteiger partial charge >= 0.3 is 5.97 Å². The summed E-state index contributed by atoms with van der Waals surface area (Å²) < 4.78 is 5.37. The average Bonchev–Trinajstić information content (AvgIpc) is 3.11. The van der Waals surface area contributed by atoms with Crippen LogP contribution in [0.4, 0.5) is 5.69 Å². The number of carbonyl (C=O) groups is 1. The Labute approximate surface area is 142 Å². The van der Waals surface area contributed by atoms with Gasteiger partial charge in [0.25, 0.3) is 5.69 Å². The van der Waals surface area contributed by atoms with Crippen LogP contribution in [0.15, 0.2) is 40.8 Å². The first-order valence-electron chi connectivity index (χ1n) is 7.29. The van der Waals surface area contributed by atoms with Gasteiger partial charge in [0, 0.05) is 22.4 Å². The molecule has 24 heavy (non-hydrogen) atoms. The molecule has 2 unspecified atom stereocenters. The average molecular weight is 348 g/mol. The van der Waals surface area contributed by atoms with Crippen molar-refractivity contribution in [2.45, 2.75) is 30.0 Å². The number of thioether (sulfide) groups is 1. The molecular formula is C16H16N2O5S. The van der Waals surface area contributed by atoms with E-state index in [0.717, 1.165) is 5.56 Å². The normalized spacial score (nSPS) is 22.4. The van der Waals surface area contributed by atoms with E-state index < -0.39 is 21.7 Å². The van der Waals surface area contributed by atoms with Crippen molar-refractivity contribution in [2.24, 2.45) is 0 Å². The number of non-ortho nitro benzene ring substituents is 1. The van der Waals surface area contributed by atoms with Crippen molar-refractivity contribution in [3.63, 3.8) is 0 Å². The Hall–Kier alpha value is -2.32. The molecule has 8 heteroatoms. The SMILES string of the molecule is CC1(C)SC(c2ccc(-c3ccc([N+](=O)[O-])cc3)o2)NC1C(=O)O. The Morgan fingerprint density at radius 1 is 1.29 bits per heavy atom. The first-order valence-corrected chi connectivity index (χ1v) is 8.17. The first kappa shape index (κ1) is 16.5. The van der Waals surface area contributed by atoms with E-state index in [2.05, 4.69) is 5.32 Å². The number of hydrogen-bond acceptors (Lipinski definition) is 6. The van der Waals surface area contributed by atoms with Crippen LogP contribution in [0.2, 0.25) is 0 Å². The molecule has 3 rings (SSSR count). The van der Waals surface area contributed by atoms with Gasteiger partial charge < -0.3 is 9.52 Å². The lowest BCUT2D eigenvalue weighted by molar-refractivity contribution is -0.384. The maximum Gasteiger partial charge on any atom is 0.322 e. The van der Waals surface area contributed by atoms with Gasteiger partial charge in [-0.1, -0.05) is 0 Å². The molecule has 7 nitrogen and oxygen atoms in total. The predicted octanol–water partition coefficient (Wildman–Crippen LogP) is 3.42. The number of nitrogens with one attached hydrogen (secondary N) is 1. The number of benzene rings is 1. The lowest BCUT2D eigenvalue weighted by Gasteiger charge is -2.20. The summed E-state index contributed by atoms with van der Waals surface area (Å²) in [7, 11) is 0. The molecule has 1 saturated heterocycles. The first-order chi connectivity index (χ1) is 11.3. The Balaban J connectivity index is 1.81. The molecule has 2 atom stereocenters. The summed E-state index contributed by atoms with van der Waals surface area (Å²) in [6, 6.07) is 9.00. The second-order valence-corrected chi connectivity index (χ2v) is 7.80. The topological polar surface area (TPSA) is 106 Å². The lowest BCUT2D eigenvalue weighted by atomic mass is 10.0. The van der Waals surface area contributed by atoms with Crippen LogP contribution in [0.3, 0.4) is 0 Å². The van der Waals surface area contributed by atoms with Gasteiger partial charge in [-0.15, -0.1) is 11.8 Å². The van der Waals surface area contributed by atoms with Crippen molar-refractivity contribution < 1.29 is 19.2 Å². The predicted molar refractivity (Wildman–Crippen MR) is 89.8 cm³/mol. The molecule has 2 N–H and O–H groups in total. The van der Waals surface area contributed by atoms with Gasteiger partial charge in [0.1, 0.15) is 22.9 Å². The Bertz CT molecular complexity index is 784. The quantitative estimate of drug-likeness (QED) is 0.644. The van der Waals surface area contributed by atoms with Crippen LogP contribution < -0.4 is 5.32 Å². The fraction of sp³-hybridized carbons (Fsp3) is 0.312. The molecule has 1 aromatic heterocycles. The van der Waals surface area contributed by atoms with Crippen LogP contribution in [-0.2, 0) is 4.79 Å². The second-order valence-electron chi connectivity index (χ2n) is 6.05. The van der Waals surface area contributed by atoms with Gasteiger partial charge in [-0.25, -0.2) is 0 Å². The number of furan rings is 1. The van der Waals surface area contributed by atoms with Crippen LogP contribution in [0.5, 0.6) is 0 Å². The van der Waals surface area contributed by atoms with Crippen LogP contribution in [-0.4, -0.2) is 26.8 Å². The van der Waals surface area contributed by atoms with Crippen molar-refractivity contribution in [2.75, 3.05) is 0 Å². The number of nitro benzene ring substituents is 1. The summed E-state index contributed by atoms with van der Waals surface area (Å²) in [6.07, 6.45) is 0. The van der Waals surface area contributed by atoms with E-state index in [-0.39, 0.29) is 11.1 Å². The molecule has 2 aromatic rings. The number of rotatable bonds is 4. The smallest absolute Gasteiger partial charge is 0.322 e. The highest BCUT2D eigenvalue weighted by Crippen LogP contribution is 2.46. The molecule has 2 heterocycles. The molecule has 0 saturated carbocycles. The van der Waals surface area contributed by atoms with Crippen molar-refractivity contribution >= 4 is 23.4 Å². The third-order valence-corrected chi connectivity index (χ3v) is 5.38. The standard InChI is InChI=1S/C16H16N2O5S/c1-16(2)13(15(19)20)17-14(24-16)12-8-7-11(23-12)9-3-5-10(6-4-9)18(21)22/h3-8,13-14,17H,1-2H3,(H,19,20). The number of aliphatic carboxylic acids is 1. The van der Waals surface area contributed by atoms with Crippen LogP contribution in [0, 0.1) is 10.1 Å². The highest BCUT2D eigenvalue weighted by molar-refractivity contribution is 8.01. The maximum atomic E-state index is 11.3. The van der Waals surface area contributed by atoms with E-state index in [0.29, 0.717) is 11.5 Å². The lowest BCUT2D eigenvalue weighted by Crippen LogP contribution is -2.43. The summed E-state index contributed by atoms with van der Waals surface area (Å²) in [6.45, 7) is 3.76. The summed E-state index contributed by atoms with van der Waals surface area (Å²) in [5.74, 6) is 0.321. The molecule has 0 bridgehead atoms. The Kier molecular flexibility index (Phi) is 4.10. The third kappa shape index (κ3) is 3.02. The molecule has 1 aliphatic rings. The van der Waals surface area contributed by atoms with Crippen LogP contribution in [0.25, 0.3) is 11.3 Å². The van der Waals surface area contributed by atoms with E-state index in [4.69, 9.17) is 4.42 Å². The van der Waals surface area contributed by atoms with Crippen molar-refractivity contribution in [1.29, 1.82) is 0 Å². The summed E-state index contributed by atoms with van der Waals surface area (Å²) in [4.78, 5) is 21.6. The van der Waals surface area contributed by atoms with E-state index in [1.54, 1.807) is 24.3 Å². The van der Waals surface area contributed by atoms with Gasteiger partial charge in [0.15, 0.2) is 0 Å². The number of nitrogens with zero attached hydrogens (tertiary/aromatic N) is 1. The van der Waals surface area contributed by atoms with E-state index >= 15 is 0 Å². The summed E-state index contributed by atoms with van der Waals surface area (Å²) in [5, 5.41) is 22.8. The van der Waals surface area contributed by atoms with E-state index in [9.17, 15) is 20.0 Å². The largest absolute Gasteiger partial charge is 0.480 e. The fourth-order valence-electron chi connectivity index (χ4n) is 2.66. The molecule has 0 amide bonds. The minimum Gasteiger partial charge on any atom is -0.480 e. The van der Waals surface area contributed by atoms with Gasteiger partial charge in [-0.3, -0.25) is 20.2 Å². The van der Waals surface area contributed by atoms with Crippen molar-refractivity contribution in [3.05, 3.63) is 52.3 Å². The second kappa shape index (κ2) is 5.95. The molecule has 1 fully saturated rings. The number of nitro groups is 1. The zero-order valence-corrected chi connectivity index (χ0v) is 13.9. The van der Waals surface area contributed by atoms with Crippen LogP contribution in [0.1, 0.15) is 25.0 Å². The number of carboxylic acids is 1. The van der Waals surface area contributed by atoms with Gasteiger partial charge in [-0.2, -0.15) is 0 Å². The van der Waals surface area contributed by atoms with Gasteiger partial charge in [0.05, 0.1) is 4.92 Å². The Morgan fingerprint density at radius 3 is 2.50 bits per heavy atom. The third-order valence-electron chi connectivity index (χ3n) is 3.93. The fourth-order valence-corrected chi connectivity index (χ4v) is 4.02. The molecule has 0 aliphatic carbocycles. The molecule has 0 radical (unpaired) electrons. The van der Waals surface area contributed by atoms with Crippen molar-refractivity contribution in [1.82, 2.24) is 5.32 Å². The zero-order valence-electron chi connectivity index (χ0n) is 13.1. The number of carboxylic acid groups (broad SMARTS) is 1. The highest BCUT2D eigenvalue weighted by atomic mass is 32.2.